The van der Waals surface area contributed by atoms with Gasteiger partial charge < -0.3 is 11.1 Å². The van der Waals surface area contributed by atoms with Crippen molar-refractivity contribution >= 4 is 6.72 Å². The van der Waals surface area contributed by atoms with E-state index in [1.807, 2.05) is 13.8 Å². The van der Waals surface area contributed by atoms with E-state index in [1.165, 1.54) is 32.1 Å². The van der Waals surface area contributed by atoms with Gasteiger partial charge in [-0.15, -0.1) is 0 Å². The summed E-state index contributed by atoms with van der Waals surface area (Å²) in [7, 11) is 0. The summed E-state index contributed by atoms with van der Waals surface area (Å²) in [4.78, 5) is 0. The van der Waals surface area contributed by atoms with Gasteiger partial charge in [-0.2, -0.15) is 0 Å². The summed E-state index contributed by atoms with van der Waals surface area (Å²) in [6, 6.07) is 0.536. The molecule has 0 aromatic rings. The van der Waals surface area contributed by atoms with Crippen LogP contribution in [0.1, 0.15) is 46.0 Å². The van der Waals surface area contributed by atoms with Crippen LogP contribution in [0.15, 0.2) is 0 Å². The summed E-state index contributed by atoms with van der Waals surface area (Å²) in [5.74, 6) is 0. The van der Waals surface area contributed by atoms with Gasteiger partial charge in [0.25, 0.3) is 0 Å². The van der Waals surface area contributed by atoms with Gasteiger partial charge >= 0.3 is 0 Å². The fourth-order valence-corrected chi connectivity index (χ4v) is 1.13. The van der Waals surface area contributed by atoms with Crippen molar-refractivity contribution in [1.29, 1.82) is 5.41 Å². The normalized spacial score (nSPS) is 17.0. The van der Waals surface area contributed by atoms with Crippen molar-refractivity contribution in [3.63, 3.8) is 0 Å². The molecule has 1 rings (SSSR count). The molecular weight excluding hydrogens is 136 g/mol. The summed E-state index contributed by atoms with van der Waals surface area (Å²) in [5.41, 5.74) is 5.63. The number of nitrogens with two attached hydrogens (primary N) is 1. The molecule has 0 aromatic heterocycles. The summed E-state index contributed by atoms with van der Waals surface area (Å²) in [6.45, 7) is 6.50. The average Bonchev–Trinajstić information content (AvgIpc) is 2.13. The third-order valence-corrected chi connectivity index (χ3v) is 1.65. The van der Waals surface area contributed by atoms with Crippen LogP contribution in [0.5, 0.6) is 0 Å². The highest BCUT2D eigenvalue weighted by atomic mass is 14.6. The van der Waals surface area contributed by atoms with Crippen LogP contribution < -0.4 is 5.73 Å². The Morgan fingerprint density at radius 3 is 1.64 bits per heavy atom. The summed E-state index contributed by atoms with van der Waals surface area (Å²) >= 11 is 0. The predicted octanol–water partition coefficient (Wildman–Crippen LogP) is 2.57. The Hall–Kier alpha value is -0.370. The molecule has 0 aliphatic heterocycles. The Labute approximate surface area is 70.7 Å². The van der Waals surface area contributed by atoms with Crippen LogP contribution >= 0.6 is 0 Å². The van der Waals surface area contributed by atoms with Gasteiger partial charge in [0.1, 0.15) is 0 Å². The molecule has 1 saturated carbocycles. The van der Waals surface area contributed by atoms with E-state index < -0.39 is 0 Å². The molecule has 1 aliphatic rings. The van der Waals surface area contributed by atoms with E-state index in [-0.39, 0.29) is 0 Å². The second-order valence-corrected chi connectivity index (χ2v) is 2.40. The molecule has 68 valence electrons. The Morgan fingerprint density at radius 1 is 1.09 bits per heavy atom. The fraction of sp³-hybridized carbons (Fsp3) is 0.889. The van der Waals surface area contributed by atoms with Crippen LogP contribution in [0.3, 0.4) is 0 Å². The SMILES string of the molecule is C=N.CC.NC1CCCCC1. The zero-order valence-corrected chi connectivity index (χ0v) is 7.90. The molecule has 11 heavy (non-hydrogen) atoms. The molecule has 0 amide bonds. The minimum Gasteiger partial charge on any atom is -0.328 e. The minimum absolute atomic E-state index is 0.536. The maximum absolute atomic E-state index is 5.63. The molecular formula is C9H22N2. The van der Waals surface area contributed by atoms with Crippen molar-refractivity contribution in [2.75, 3.05) is 0 Å². The topological polar surface area (TPSA) is 49.9 Å². The zero-order chi connectivity index (χ0) is 9.11. The van der Waals surface area contributed by atoms with E-state index >= 15 is 0 Å². The molecule has 0 unspecified atom stereocenters. The molecule has 0 bridgehead atoms. The number of nitrogens with one attached hydrogen (secondary N) is 1. The second-order valence-electron chi connectivity index (χ2n) is 2.40. The molecule has 0 radical (unpaired) electrons. The summed E-state index contributed by atoms with van der Waals surface area (Å²) in [5, 5.41) is 5.50. The lowest BCUT2D eigenvalue weighted by atomic mass is 9.97. The van der Waals surface area contributed by atoms with Crippen LogP contribution in [0.2, 0.25) is 0 Å². The van der Waals surface area contributed by atoms with Crippen molar-refractivity contribution in [2.24, 2.45) is 5.73 Å². The van der Waals surface area contributed by atoms with Crippen molar-refractivity contribution in [2.45, 2.75) is 52.0 Å². The van der Waals surface area contributed by atoms with Gasteiger partial charge in [-0.05, 0) is 19.6 Å². The highest BCUT2D eigenvalue weighted by Crippen LogP contribution is 2.14. The Morgan fingerprint density at radius 2 is 1.45 bits per heavy atom. The molecule has 2 nitrogen and oxygen atoms in total. The van der Waals surface area contributed by atoms with Crippen LogP contribution in [-0.2, 0) is 0 Å². The number of hydrogen-bond donors (Lipinski definition) is 2. The average molecular weight is 158 g/mol. The van der Waals surface area contributed by atoms with Gasteiger partial charge in [-0.1, -0.05) is 33.1 Å². The zero-order valence-electron chi connectivity index (χ0n) is 7.90. The lowest BCUT2D eigenvalue weighted by Gasteiger charge is -2.15. The standard InChI is InChI=1S/C6H13N.C2H6.CH3N/c7-6-4-2-1-3-5-6;2*1-2/h6H,1-5,7H2;1-2H3;2H,1H2. The minimum atomic E-state index is 0.536. The fourth-order valence-electron chi connectivity index (χ4n) is 1.13. The highest BCUT2D eigenvalue weighted by molar-refractivity contribution is 5.15. The molecule has 1 fully saturated rings. The molecule has 2 heteroatoms. The first-order valence-corrected chi connectivity index (χ1v) is 4.50. The van der Waals surface area contributed by atoms with Gasteiger partial charge in [-0.3, -0.25) is 0 Å². The predicted molar refractivity (Wildman–Crippen MR) is 52.2 cm³/mol. The Bertz CT molecular complexity index is 58.6. The number of hydrogen-bond acceptors (Lipinski definition) is 2. The van der Waals surface area contributed by atoms with Crippen LogP contribution in [0.4, 0.5) is 0 Å². The summed E-state index contributed by atoms with van der Waals surface area (Å²) in [6.07, 6.45) is 6.66. The van der Waals surface area contributed by atoms with E-state index in [2.05, 4.69) is 6.72 Å². The van der Waals surface area contributed by atoms with E-state index in [0.717, 1.165) is 0 Å². The van der Waals surface area contributed by atoms with Crippen LogP contribution in [-0.4, -0.2) is 12.8 Å². The first-order valence-electron chi connectivity index (χ1n) is 4.50. The lowest BCUT2D eigenvalue weighted by Crippen LogP contribution is -2.22. The first kappa shape index (κ1) is 13.2. The maximum atomic E-state index is 5.63. The molecule has 0 saturated heterocycles. The van der Waals surface area contributed by atoms with Gasteiger partial charge in [0.2, 0.25) is 0 Å². The van der Waals surface area contributed by atoms with Gasteiger partial charge in [0.15, 0.2) is 0 Å². The Kier molecular flexibility index (Phi) is 14.8. The van der Waals surface area contributed by atoms with E-state index in [4.69, 9.17) is 11.1 Å². The maximum Gasteiger partial charge on any atom is 0.00388 e. The molecule has 3 N–H and O–H groups in total. The van der Waals surface area contributed by atoms with E-state index in [1.54, 1.807) is 0 Å². The Balaban J connectivity index is 0. The third kappa shape index (κ3) is 9.63. The molecule has 0 spiro atoms. The van der Waals surface area contributed by atoms with Gasteiger partial charge in [-0.25, -0.2) is 0 Å². The van der Waals surface area contributed by atoms with Crippen molar-refractivity contribution in [3.8, 4) is 0 Å². The quantitative estimate of drug-likeness (QED) is 0.523. The highest BCUT2D eigenvalue weighted by Gasteiger charge is 2.06. The molecule has 0 heterocycles. The van der Waals surface area contributed by atoms with Gasteiger partial charge in [0, 0.05) is 6.04 Å². The van der Waals surface area contributed by atoms with Crippen LogP contribution in [0, 0.1) is 5.41 Å². The van der Waals surface area contributed by atoms with Crippen molar-refractivity contribution in [3.05, 3.63) is 0 Å². The largest absolute Gasteiger partial charge is 0.328 e. The molecule has 0 aromatic carbocycles. The smallest absolute Gasteiger partial charge is 0.00388 e. The van der Waals surface area contributed by atoms with Crippen molar-refractivity contribution < 1.29 is 0 Å². The number of rotatable bonds is 0. The first-order chi connectivity index (χ1) is 5.39. The lowest BCUT2D eigenvalue weighted by molar-refractivity contribution is 0.441. The molecule has 1 aliphatic carbocycles. The van der Waals surface area contributed by atoms with Crippen molar-refractivity contribution in [1.82, 2.24) is 0 Å². The van der Waals surface area contributed by atoms with E-state index in [9.17, 15) is 0 Å². The molecule has 0 atom stereocenters. The third-order valence-electron chi connectivity index (χ3n) is 1.65. The van der Waals surface area contributed by atoms with Crippen LogP contribution in [0.25, 0.3) is 0 Å². The van der Waals surface area contributed by atoms with Gasteiger partial charge in [0.05, 0.1) is 0 Å². The summed E-state index contributed by atoms with van der Waals surface area (Å²) < 4.78 is 0. The van der Waals surface area contributed by atoms with E-state index in [0.29, 0.717) is 6.04 Å². The monoisotopic (exact) mass is 158 g/mol. The second kappa shape index (κ2) is 12.3.